The summed E-state index contributed by atoms with van der Waals surface area (Å²) in [6.07, 6.45) is 0.871. The smallest absolute Gasteiger partial charge is 0.241 e. The van der Waals surface area contributed by atoms with E-state index < -0.39 is 6.04 Å². The average molecular weight is 315 g/mol. The van der Waals surface area contributed by atoms with Crippen LogP contribution in [0.1, 0.15) is 20.3 Å². The Morgan fingerprint density at radius 1 is 1.50 bits per heavy atom. The highest BCUT2D eigenvalue weighted by Gasteiger charge is 2.19. The molecule has 1 amide bonds. The average Bonchev–Trinajstić information content (AvgIpc) is 2.35. The molecule has 1 unspecified atom stereocenters. The first-order valence-corrected chi connectivity index (χ1v) is 6.68. The molecule has 0 saturated heterocycles. The minimum atomic E-state index is -0.500. The van der Waals surface area contributed by atoms with Crippen molar-refractivity contribution in [3.63, 3.8) is 0 Å². The molecule has 1 aromatic rings. The SMILES string of the molecule is CCC(C)[C@H](N)C(=O)Nc1cc(Br)cc(OC)c1. The van der Waals surface area contributed by atoms with E-state index in [-0.39, 0.29) is 11.8 Å². The van der Waals surface area contributed by atoms with Gasteiger partial charge in [0.1, 0.15) is 5.75 Å². The van der Waals surface area contributed by atoms with Gasteiger partial charge in [-0.25, -0.2) is 0 Å². The van der Waals surface area contributed by atoms with Crippen molar-refractivity contribution in [1.82, 2.24) is 0 Å². The summed E-state index contributed by atoms with van der Waals surface area (Å²) in [5, 5.41) is 2.80. The third kappa shape index (κ3) is 3.99. The van der Waals surface area contributed by atoms with Gasteiger partial charge in [-0.3, -0.25) is 4.79 Å². The van der Waals surface area contributed by atoms with Crippen molar-refractivity contribution < 1.29 is 9.53 Å². The number of halogens is 1. The van der Waals surface area contributed by atoms with Gasteiger partial charge in [-0.15, -0.1) is 0 Å². The summed E-state index contributed by atoms with van der Waals surface area (Å²) in [5.41, 5.74) is 6.54. The lowest BCUT2D eigenvalue weighted by Crippen LogP contribution is -2.40. The molecule has 0 fully saturated rings. The molecule has 0 saturated carbocycles. The zero-order valence-corrected chi connectivity index (χ0v) is 12.5. The lowest BCUT2D eigenvalue weighted by molar-refractivity contribution is -0.118. The monoisotopic (exact) mass is 314 g/mol. The second-order valence-electron chi connectivity index (χ2n) is 4.28. The van der Waals surface area contributed by atoms with Crippen LogP contribution in [0.2, 0.25) is 0 Å². The molecule has 1 aromatic carbocycles. The van der Waals surface area contributed by atoms with Gasteiger partial charge in [0.15, 0.2) is 0 Å². The van der Waals surface area contributed by atoms with Crippen LogP contribution in [0.5, 0.6) is 5.75 Å². The fraction of sp³-hybridized carbons (Fsp3) is 0.462. The van der Waals surface area contributed by atoms with Crippen LogP contribution in [0.25, 0.3) is 0 Å². The van der Waals surface area contributed by atoms with Gasteiger partial charge in [0, 0.05) is 16.2 Å². The van der Waals surface area contributed by atoms with Crippen LogP contribution >= 0.6 is 15.9 Å². The Morgan fingerprint density at radius 2 is 2.17 bits per heavy atom. The summed E-state index contributed by atoms with van der Waals surface area (Å²) in [6, 6.07) is 4.89. The van der Waals surface area contributed by atoms with E-state index in [1.165, 1.54) is 0 Å². The van der Waals surface area contributed by atoms with Gasteiger partial charge in [-0.05, 0) is 18.1 Å². The highest BCUT2D eigenvalue weighted by molar-refractivity contribution is 9.10. The zero-order valence-electron chi connectivity index (χ0n) is 10.9. The Bertz CT molecular complexity index is 423. The van der Waals surface area contributed by atoms with Gasteiger partial charge in [-0.2, -0.15) is 0 Å². The maximum absolute atomic E-state index is 11.9. The third-order valence-electron chi connectivity index (χ3n) is 2.93. The standard InChI is InChI=1S/C13H19BrN2O2/c1-4-8(2)12(15)13(17)16-10-5-9(14)6-11(7-10)18-3/h5-8,12H,4,15H2,1-3H3,(H,16,17)/t8?,12-/m0/s1. The van der Waals surface area contributed by atoms with Crippen molar-refractivity contribution in [2.75, 3.05) is 12.4 Å². The molecule has 2 atom stereocenters. The molecular formula is C13H19BrN2O2. The number of amides is 1. The molecule has 0 spiro atoms. The van der Waals surface area contributed by atoms with E-state index in [0.29, 0.717) is 11.4 Å². The third-order valence-corrected chi connectivity index (χ3v) is 3.39. The van der Waals surface area contributed by atoms with Crippen molar-refractivity contribution in [3.8, 4) is 5.75 Å². The minimum Gasteiger partial charge on any atom is -0.497 e. The first kappa shape index (κ1) is 15.0. The van der Waals surface area contributed by atoms with E-state index >= 15 is 0 Å². The van der Waals surface area contributed by atoms with Crippen LogP contribution in [0.15, 0.2) is 22.7 Å². The Hall–Kier alpha value is -1.07. The number of methoxy groups -OCH3 is 1. The first-order chi connectivity index (χ1) is 8.47. The number of ether oxygens (including phenoxy) is 1. The number of rotatable bonds is 5. The topological polar surface area (TPSA) is 64.4 Å². The van der Waals surface area contributed by atoms with Gasteiger partial charge in [0.25, 0.3) is 0 Å². The van der Waals surface area contributed by atoms with E-state index in [1.54, 1.807) is 13.2 Å². The second kappa shape index (κ2) is 6.75. The minimum absolute atomic E-state index is 0.152. The number of anilines is 1. The van der Waals surface area contributed by atoms with Crippen LogP contribution in [-0.4, -0.2) is 19.1 Å². The molecule has 3 N–H and O–H groups in total. The summed E-state index contributed by atoms with van der Waals surface area (Å²) in [4.78, 5) is 11.9. The fourth-order valence-corrected chi connectivity index (χ4v) is 1.96. The van der Waals surface area contributed by atoms with Crippen LogP contribution in [0.4, 0.5) is 5.69 Å². The van der Waals surface area contributed by atoms with Crippen molar-refractivity contribution in [2.24, 2.45) is 11.7 Å². The lowest BCUT2D eigenvalue weighted by Gasteiger charge is -2.18. The summed E-state index contributed by atoms with van der Waals surface area (Å²) < 4.78 is 5.98. The van der Waals surface area contributed by atoms with Gasteiger partial charge in [0.05, 0.1) is 13.2 Å². The summed E-state index contributed by atoms with van der Waals surface area (Å²) in [6.45, 7) is 3.98. The molecular weight excluding hydrogens is 296 g/mol. The van der Waals surface area contributed by atoms with Crippen molar-refractivity contribution in [2.45, 2.75) is 26.3 Å². The molecule has 18 heavy (non-hydrogen) atoms. The number of carbonyl (C=O) groups is 1. The van der Waals surface area contributed by atoms with Crippen LogP contribution in [0.3, 0.4) is 0 Å². The molecule has 0 aromatic heterocycles. The Balaban J connectivity index is 2.78. The highest BCUT2D eigenvalue weighted by Crippen LogP contribution is 2.24. The van der Waals surface area contributed by atoms with Crippen LogP contribution < -0.4 is 15.8 Å². The fourth-order valence-electron chi connectivity index (χ4n) is 1.49. The normalized spacial score (nSPS) is 13.8. The molecule has 0 radical (unpaired) electrons. The quantitative estimate of drug-likeness (QED) is 0.878. The summed E-state index contributed by atoms with van der Waals surface area (Å²) >= 11 is 3.36. The van der Waals surface area contributed by atoms with Crippen LogP contribution in [-0.2, 0) is 4.79 Å². The molecule has 0 aliphatic carbocycles. The van der Waals surface area contributed by atoms with E-state index in [0.717, 1.165) is 10.9 Å². The zero-order chi connectivity index (χ0) is 13.7. The molecule has 0 aliphatic rings. The van der Waals surface area contributed by atoms with Gasteiger partial charge in [-0.1, -0.05) is 36.2 Å². The molecule has 100 valence electrons. The molecule has 1 rings (SSSR count). The maximum atomic E-state index is 11.9. The van der Waals surface area contributed by atoms with Gasteiger partial charge >= 0.3 is 0 Å². The number of nitrogens with one attached hydrogen (secondary N) is 1. The Labute approximate surface area is 116 Å². The lowest BCUT2D eigenvalue weighted by atomic mass is 9.99. The number of hydrogen-bond donors (Lipinski definition) is 2. The highest BCUT2D eigenvalue weighted by atomic mass is 79.9. The predicted molar refractivity (Wildman–Crippen MR) is 76.8 cm³/mol. The number of carbonyl (C=O) groups excluding carboxylic acids is 1. The van der Waals surface area contributed by atoms with Crippen LogP contribution in [0, 0.1) is 5.92 Å². The number of benzene rings is 1. The van der Waals surface area contributed by atoms with Gasteiger partial charge < -0.3 is 15.8 Å². The van der Waals surface area contributed by atoms with Crippen molar-refractivity contribution >= 4 is 27.5 Å². The first-order valence-electron chi connectivity index (χ1n) is 5.89. The molecule has 4 nitrogen and oxygen atoms in total. The molecule has 5 heteroatoms. The van der Waals surface area contributed by atoms with E-state index in [1.807, 2.05) is 26.0 Å². The Kier molecular flexibility index (Phi) is 5.62. The van der Waals surface area contributed by atoms with E-state index in [2.05, 4.69) is 21.2 Å². The maximum Gasteiger partial charge on any atom is 0.241 e. The summed E-state index contributed by atoms with van der Waals surface area (Å²) in [5.74, 6) is 0.653. The van der Waals surface area contributed by atoms with Crippen molar-refractivity contribution in [1.29, 1.82) is 0 Å². The molecule has 0 bridgehead atoms. The predicted octanol–water partition coefficient (Wildman–Crippen LogP) is 2.77. The second-order valence-corrected chi connectivity index (χ2v) is 5.20. The molecule has 0 aliphatic heterocycles. The van der Waals surface area contributed by atoms with Gasteiger partial charge in [0.2, 0.25) is 5.91 Å². The summed E-state index contributed by atoms with van der Waals surface area (Å²) in [7, 11) is 1.58. The van der Waals surface area contributed by atoms with E-state index in [9.17, 15) is 4.79 Å². The van der Waals surface area contributed by atoms with Crippen molar-refractivity contribution in [3.05, 3.63) is 22.7 Å². The molecule has 0 heterocycles. The van der Waals surface area contributed by atoms with E-state index in [4.69, 9.17) is 10.5 Å². The Morgan fingerprint density at radius 3 is 2.72 bits per heavy atom. The number of nitrogens with two attached hydrogens (primary N) is 1. The number of hydrogen-bond acceptors (Lipinski definition) is 3. The largest absolute Gasteiger partial charge is 0.497 e.